The summed E-state index contributed by atoms with van der Waals surface area (Å²) in [6.45, 7) is 1.49. The third-order valence-corrected chi connectivity index (χ3v) is 3.84. The van der Waals surface area contributed by atoms with Crippen LogP contribution in [0, 0.1) is 0 Å². The lowest BCUT2D eigenvalue weighted by molar-refractivity contribution is 0.192. The van der Waals surface area contributed by atoms with Crippen LogP contribution in [-0.4, -0.2) is 43.8 Å². The fraction of sp³-hybridized carbons (Fsp3) is 0.455. The number of carbonyl (C=O) groups excluding carboxylic acids is 1. The fourth-order valence-corrected chi connectivity index (χ4v) is 2.73. The first kappa shape index (κ1) is 12.1. The summed E-state index contributed by atoms with van der Waals surface area (Å²) in [5.41, 5.74) is 1.09. The zero-order chi connectivity index (χ0) is 13.1. The maximum atomic E-state index is 12.1. The number of H-pyrrole nitrogens is 1. The van der Waals surface area contributed by atoms with Gasteiger partial charge in [0.25, 0.3) is 0 Å². The number of nitrogens with one attached hydrogen (secondary N) is 2. The molecule has 1 fully saturated rings. The van der Waals surface area contributed by atoms with Gasteiger partial charge in [-0.25, -0.2) is 4.79 Å². The number of aromatic nitrogens is 4. The number of hydrogen-bond donors (Lipinski definition) is 2. The minimum absolute atomic E-state index is 0.0877. The lowest BCUT2D eigenvalue weighted by Gasteiger charge is -2.31. The first-order valence-corrected chi connectivity index (χ1v) is 6.93. The molecule has 2 aromatic heterocycles. The summed E-state index contributed by atoms with van der Waals surface area (Å²) in [5.74, 6) is 0.335. The van der Waals surface area contributed by atoms with Gasteiger partial charge in [0.1, 0.15) is 5.00 Å². The van der Waals surface area contributed by atoms with E-state index in [1.807, 2.05) is 11.0 Å². The molecular formula is C11H14N6OS. The van der Waals surface area contributed by atoms with Gasteiger partial charge < -0.3 is 4.90 Å². The molecule has 0 aromatic carbocycles. The average molecular weight is 278 g/mol. The number of rotatable bonds is 2. The third kappa shape index (κ3) is 2.73. The van der Waals surface area contributed by atoms with E-state index in [0.717, 1.165) is 25.1 Å². The van der Waals surface area contributed by atoms with E-state index in [4.69, 9.17) is 0 Å². The van der Waals surface area contributed by atoms with Crippen LogP contribution < -0.4 is 5.32 Å². The molecule has 0 radical (unpaired) electrons. The number of hydrogen-bond acceptors (Lipinski definition) is 5. The van der Waals surface area contributed by atoms with Gasteiger partial charge >= 0.3 is 6.03 Å². The van der Waals surface area contributed by atoms with E-state index in [9.17, 15) is 4.79 Å². The Kier molecular flexibility index (Phi) is 3.41. The van der Waals surface area contributed by atoms with Crippen molar-refractivity contribution >= 4 is 22.6 Å². The third-order valence-electron chi connectivity index (χ3n) is 3.26. The Morgan fingerprint density at radius 3 is 3.26 bits per heavy atom. The molecule has 3 heterocycles. The van der Waals surface area contributed by atoms with Crippen molar-refractivity contribution in [3.8, 4) is 0 Å². The molecule has 2 aromatic rings. The monoisotopic (exact) mass is 278 g/mol. The van der Waals surface area contributed by atoms with Crippen LogP contribution in [0.15, 0.2) is 18.5 Å². The largest absolute Gasteiger partial charge is 0.324 e. The van der Waals surface area contributed by atoms with Crippen molar-refractivity contribution in [1.82, 2.24) is 24.7 Å². The van der Waals surface area contributed by atoms with Gasteiger partial charge in [0.2, 0.25) is 0 Å². The van der Waals surface area contributed by atoms with Crippen molar-refractivity contribution in [2.45, 2.75) is 18.8 Å². The Morgan fingerprint density at radius 2 is 2.53 bits per heavy atom. The summed E-state index contributed by atoms with van der Waals surface area (Å²) in [6, 6.07) is 1.88. The van der Waals surface area contributed by atoms with E-state index in [-0.39, 0.29) is 6.03 Å². The van der Waals surface area contributed by atoms with Crippen LogP contribution in [0.4, 0.5) is 9.80 Å². The maximum absolute atomic E-state index is 12.1. The van der Waals surface area contributed by atoms with Gasteiger partial charge in [-0.1, -0.05) is 4.49 Å². The second kappa shape index (κ2) is 5.35. The van der Waals surface area contributed by atoms with Gasteiger partial charge in [0.15, 0.2) is 0 Å². The quantitative estimate of drug-likeness (QED) is 0.875. The molecule has 0 spiro atoms. The van der Waals surface area contributed by atoms with Crippen LogP contribution in [-0.2, 0) is 0 Å². The Morgan fingerprint density at radius 1 is 1.58 bits per heavy atom. The maximum Gasteiger partial charge on any atom is 0.322 e. The van der Waals surface area contributed by atoms with Crippen LogP contribution >= 0.6 is 11.5 Å². The lowest BCUT2D eigenvalue weighted by atomic mass is 9.95. The molecule has 2 amide bonds. The summed E-state index contributed by atoms with van der Waals surface area (Å²) in [6.07, 6.45) is 5.38. The zero-order valence-corrected chi connectivity index (χ0v) is 11.1. The van der Waals surface area contributed by atoms with Crippen molar-refractivity contribution in [2.75, 3.05) is 18.4 Å². The number of nitrogens with zero attached hydrogens (tertiary/aromatic N) is 4. The molecule has 1 atom stereocenters. The Hall–Kier alpha value is -1.96. The smallest absolute Gasteiger partial charge is 0.322 e. The standard InChI is InChI=1S/C11H14N6OS/c18-11(14-10-6-13-16-19-10)17-5-1-2-8(7-17)9-3-4-12-15-9/h3-4,6,8H,1-2,5,7H2,(H,12,15)(H,14,18). The van der Waals surface area contributed by atoms with E-state index >= 15 is 0 Å². The molecule has 3 rings (SSSR count). The zero-order valence-electron chi connectivity index (χ0n) is 10.2. The normalized spacial score (nSPS) is 19.4. The van der Waals surface area contributed by atoms with Crippen molar-refractivity contribution in [3.63, 3.8) is 0 Å². The van der Waals surface area contributed by atoms with E-state index in [1.54, 1.807) is 12.4 Å². The lowest BCUT2D eigenvalue weighted by Crippen LogP contribution is -2.41. The van der Waals surface area contributed by atoms with Crippen molar-refractivity contribution in [3.05, 3.63) is 24.2 Å². The van der Waals surface area contributed by atoms with Crippen LogP contribution in [0.3, 0.4) is 0 Å². The van der Waals surface area contributed by atoms with Crippen LogP contribution in [0.2, 0.25) is 0 Å². The van der Waals surface area contributed by atoms with Gasteiger partial charge in [-0.05, 0) is 18.9 Å². The highest BCUT2D eigenvalue weighted by atomic mass is 32.1. The number of amides is 2. The number of aromatic amines is 1. The topological polar surface area (TPSA) is 86.8 Å². The average Bonchev–Trinajstić information content (AvgIpc) is 3.12. The second-order valence-corrected chi connectivity index (χ2v) is 5.29. The van der Waals surface area contributed by atoms with Gasteiger partial charge in [0.05, 0.1) is 6.20 Å². The van der Waals surface area contributed by atoms with Gasteiger partial charge in [0, 0.05) is 42.4 Å². The summed E-state index contributed by atoms with van der Waals surface area (Å²) in [4.78, 5) is 13.9. The van der Waals surface area contributed by atoms with E-state index in [1.165, 1.54) is 11.5 Å². The fourth-order valence-electron chi connectivity index (χ4n) is 2.32. The predicted octanol–water partition coefficient (Wildman–Crippen LogP) is 1.67. The molecular weight excluding hydrogens is 264 g/mol. The molecule has 0 bridgehead atoms. The van der Waals surface area contributed by atoms with E-state index in [0.29, 0.717) is 17.5 Å². The number of urea groups is 1. The summed E-state index contributed by atoms with van der Waals surface area (Å²) in [5, 5.41) is 14.1. The first-order chi connectivity index (χ1) is 9.33. The predicted molar refractivity (Wildman–Crippen MR) is 71.1 cm³/mol. The summed E-state index contributed by atoms with van der Waals surface area (Å²) >= 11 is 1.18. The SMILES string of the molecule is O=C(Nc1cnns1)N1CCCC(c2ccn[nH]2)C1. The van der Waals surface area contributed by atoms with Crippen LogP contribution in [0.1, 0.15) is 24.5 Å². The molecule has 100 valence electrons. The molecule has 8 heteroatoms. The van der Waals surface area contributed by atoms with Gasteiger partial charge in [-0.3, -0.25) is 10.4 Å². The second-order valence-electron chi connectivity index (χ2n) is 4.51. The van der Waals surface area contributed by atoms with Gasteiger partial charge in [-0.2, -0.15) is 5.10 Å². The summed E-state index contributed by atoms with van der Waals surface area (Å²) < 4.78 is 3.72. The highest BCUT2D eigenvalue weighted by Gasteiger charge is 2.25. The molecule has 7 nitrogen and oxygen atoms in total. The van der Waals surface area contributed by atoms with E-state index < -0.39 is 0 Å². The number of piperidine rings is 1. The first-order valence-electron chi connectivity index (χ1n) is 6.15. The molecule has 19 heavy (non-hydrogen) atoms. The number of carbonyl (C=O) groups is 1. The highest BCUT2D eigenvalue weighted by molar-refractivity contribution is 7.10. The number of likely N-dealkylation sites (tertiary alicyclic amines) is 1. The van der Waals surface area contributed by atoms with Crippen LogP contribution in [0.25, 0.3) is 0 Å². The van der Waals surface area contributed by atoms with E-state index in [2.05, 4.69) is 25.1 Å². The molecule has 1 unspecified atom stereocenters. The number of anilines is 1. The molecule has 0 saturated carbocycles. The molecule has 1 aliphatic rings. The van der Waals surface area contributed by atoms with Crippen molar-refractivity contribution in [2.24, 2.45) is 0 Å². The van der Waals surface area contributed by atoms with Crippen LogP contribution in [0.5, 0.6) is 0 Å². The van der Waals surface area contributed by atoms with Crippen molar-refractivity contribution < 1.29 is 4.79 Å². The molecule has 0 aliphatic carbocycles. The minimum atomic E-state index is -0.0877. The van der Waals surface area contributed by atoms with Gasteiger partial charge in [-0.15, -0.1) is 5.10 Å². The Labute approximate surface area is 114 Å². The highest BCUT2D eigenvalue weighted by Crippen LogP contribution is 2.25. The molecule has 1 aliphatic heterocycles. The minimum Gasteiger partial charge on any atom is -0.324 e. The summed E-state index contributed by atoms with van der Waals surface area (Å²) in [7, 11) is 0. The molecule has 2 N–H and O–H groups in total. The molecule has 1 saturated heterocycles. The van der Waals surface area contributed by atoms with Crippen molar-refractivity contribution in [1.29, 1.82) is 0 Å². The Balaban J connectivity index is 1.63. The Bertz CT molecular complexity index is 525.